The summed E-state index contributed by atoms with van der Waals surface area (Å²) in [5.41, 5.74) is 0. The van der Waals surface area contributed by atoms with Gasteiger partial charge in [0.05, 0.1) is 0 Å². The Morgan fingerprint density at radius 2 is 2.25 bits per heavy atom. The Morgan fingerprint density at radius 3 is 2.88 bits per heavy atom. The van der Waals surface area contributed by atoms with E-state index in [1.807, 2.05) is 6.08 Å². The number of carbonyl (C=O) groups is 2. The third-order valence-electron chi connectivity index (χ3n) is 2.86. The number of hydrogen-bond donors (Lipinski definition) is 1. The highest BCUT2D eigenvalue weighted by Crippen LogP contribution is 2.32. The van der Waals surface area contributed by atoms with Crippen molar-refractivity contribution in [1.82, 2.24) is 10.2 Å². The van der Waals surface area contributed by atoms with Crippen LogP contribution in [0.2, 0.25) is 0 Å². The zero-order valence-corrected chi connectivity index (χ0v) is 9.19. The average Bonchev–Trinajstić information content (AvgIpc) is 3.02. The third-order valence-corrected chi connectivity index (χ3v) is 2.86. The van der Waals surface area contributed by atoms with Crippen LogP contribution in [0.4, 0.5) is 0 Å². The molecule has 1 saturated carbocycles. The minimum absolute atomic E-state index is 0.115. The van der Waals surface area contributed by atoms with Crippen LogP contribution in [0, 0.1) is 5.92 Å². The third kappa shape index (κ3) is 2.15. The second-order valence-electron chi connectivity index (χ2n) is 4.17. The molecule has 0 aromatic rings. The van der Waals surface area contributed by atoms with Crippen molar-refractivity contribution in [3.05, 3.63) is 24.8 Å². The highest BCUT2D eigenvalue weighted by molar-refractivity contribution is 5.91. The topological polar surface area (TPSA) is 49.4 Å². The van der Waals surface area contributed by atoms with Crippen LogP contribution in [0.3, 0.4) is 0 Å². The molecular weight excluding hydrogens is 204 g/mol. The molecule has 1 aliphatic heterocycles. The van der Waals surface area contributed by atoms with Crippen molar-refractivity contribution < 1.29 is 9.59 Å². The molecule has 0 spiro atoms. The normalized spacial score (nSPS) is 23.2. The second-order valence-corrected chi connectivity index (χ2v) is 4.17. The van der Waals surface area contributed by atoms with Crippen LogP contribution in [-0.4, -0.2) is 35.8 Å². The molecule has 2 amide bonds. The van der Waals surface area contributed by atoms with E-state index in [0.29, 0.717) is 13.1 Å². The monoisotopic (exact) mass is 220 g/mol. The van der Waals surface area contributed by atoms with Crippen molar-refractivity contribution >= 4 is 11.8 Å². The summed E-state index contributed by atoms with van der Waals surface area (Å²) in [4.78, 5) is 25.3. The molecule has 1 fully saturated rings. The summed E-state index contributed by atoms with van der Waals surface area (Å²) in [6, 6.07) is -0.423. The maximum atomic E-state index is 11.9. The molecule has 0 saturated heterocycles. The quantitative estimate of drug-likeness (QED) is 0.700. The molecule has 1 heterocycles. The first-order valence-corrected chi connectivity index (χ1v) is 5.60. The van der Waals surface area contributed by atoms with Gasteiger partial charge in [0.1, 0.15) is 6.04 Å². The molecule has 86 valence electrons. The number of nitrogens with one attached hydrogen (secondary N) is 1. The van der Waals surface area contributed by atoms with Crippen LogP contribution < -0.4 is 5.32 Å². The number of nitrogens with zero attached hydrogens (tertiary/aromatic N) is 1. The fourth-order valence-electron chi connectivity index (χ4n) is 1.82. The minimum Gasteiger partial charge on any atom is -0.351 e. The van der Waals surface area contributed by atoms with Gasteiger partial charge in [0, 0.05) is 19.0 Å². The van der Waals surface area contributed by atoms with E-state index in [4.69, 9.17) is 0 Å². The highest BCUT2D eigenvalue weighted by atomic mass is 16.2. The van der Waals surface area contributed by atoms with Crippen molar-refractivity contribution in [2.24, 2.45) is 5.92 Å². The smallest absolute Gasteiger partial charge is 0.247 e. The maximum Gasteiger partial charge on any atom is 0.247 e. The molecule has 4 nitrogen and oxygen atoms in total. The molecule has 16 heavy (non-hydrogen) atoms. The molecular formula is C12H16N2O2. The molecule has 1 atom stereocenters. The molecule has 2 rings (SSSR count). The number of carbonyl (C=O) groups excluding carboxylic acids is 2. The van der Waals surface area contributed by atoms with Gasteiger partial charge in [0.25, 0.3) is 0 Å². The van der Waals surface area contributed by atoms with Gasteiger partial charge in [-0.1, -0.05) is 18.2 Å². The first-order valence-electron chi connectivity index (χ1n) is 5.60. The molecule has 0 radical (unpaired) electrons. The Kier molecular flexibility index (Phi) is 3.08. The SMILES string of the molecule is C=CCNC(=O)[C@H]1C=CCN1C(=O)C1CC1. The Bertz CT molecular complexity index is 345. The first-order chi connectivity index (χ1) is 7.74. The summed E-state index contributed by atoms with van der Waals surface area (Å²) in [6.07, 6.45) is 7.23. The highest BCUT2D eigenvalue weighted by Gasteiger charge is 2.38. The van der Waals surface area contributed by atoms with Gasteiger partial charge in [-0.2, -0.15) is 0 Å². The number of amides is 2. The van der Waals surface area contributed by atoms with E-state index >= 15 is 0 Å². The summed E-state index contributed by atoms with van der Waals surface area (Å²) >= 11 is 0. The van der Waals surface area contributed by atoms with Crippen molar-refractivity contribution in [3.63, 3.8) is 0 Å². The second kappa shape index (κ2) is 4.51. The van der Waals surface area contributed by atoms with Crippen LogP contribution in [0.1, 0.15) is 12.8 Å². The lowest BCUT2D eigenvalue weighted by atomic mass is 10.2. The molecule has 0 bridgehead atoms. The van der Waals surface area contributed by atoms with Gasteiger partial charge in [0.2, 0.25) is 11.8 Å². The molecule has 1 N–H and O–H groups in total. The number of rotatable bonds is 4. The molecule has 1 aliphatic carbocycles. The lowest BCUT2D eigenvalue weighted by molar-refractivity contribution is -0.138. The van der Waals surface area contributed by atoms with Crippen LogP contribution in [0.5, 0.6) is 0 Å². The predicted molar refractivity (Wildman–Crippen MR) is 60.6 cm³/mol. The molecule has 2 aliphatic rings. The standard InChI is InChI=1S/C12H16N2O2/c1-2-7-13-11(15)10-4-3-8-14(10)12(16)9-5-6-9/h2-4,9-10H,1,5-8H2,(H,13,15)/t10-/m1/s1. The van der Waals surface area contributed by atoms with Gasteiger partial charge in [0.15, 0.2) is 0 Å². The van der Waals surface area contributed by atoms with Gasteiger partial charge in [-0.3, -0.25) is 9.59 Å². The van der Waals surface area contributed by atoms with E-state index in [2.05, 4.69) is 11.9 Å². The molecule has 4 heteroatoms. The lowest BCUT2D eigenvalue weighted by Crippen LogP contribution is -2.46. The van der Waals surface area contributed by atoms with Crippen LogP contribution in [0.25, 0.3) is 0 Å². The first kappa shape index (κ1) is 10.9. The molecule has 0 unspecified atom stereocenters. The van der Waals surface area contributed by atoms with Gasteiger partial charge in [-0.15, -0.1) is 6.58 Å². The van der Waals surface area contributed by atoms with Gasteiger partial charge < -0.3 is 10.2 Å². The van der Waals surface area contributed by atoms with Gasteiger partial charge in [-0.25, -0.2) is 0 Å². The minimum atomic E-state index is -0.423. The van der Waals surface area contributed by atoms with Gasteiger partial charge >= 0.3 is 0 Å². The van der Waals surface area contributed by atoms with E-state index < -0.39 is 6.04 Å². The fraction of sp³-hybridized carbons (Fsp3) is 0.500. The van der Waals surface area contributed by atoms with E-state index in [-0.39, 0.29) is 17.7 Å². The van der Waals surface area contributed by atoms with Crippen LogP contribution >= 0.6 is 0 Å². The number of hydrogen-bond acceptors (Lipinski definition) is 2. The summed E-state index contributed by atoms with van der Waals surface area (Å²) in [5, 5.41) is 2.72. The maximum absolute atomic E-state index is 11.9. The Labute approximate surface area is 95.0 Å². The van der Waals surface area contributed by atoms with E-state index in [0.717, 1.165) is 12.8 Å². The van der Waals surface area contributed by atoms with Crippen LogP contribution in [-0.2, 0) is 9.59 Å². The van der Waals surface area contributed by atoms with E-state index in [1.165, 1.54) is 0 Å². The van der Waals surface area contributed by atoms with E-state index in [9.17, 15) is 9.59 Å². The van der Waals surface area contributed by atoms with Crippen LogP contribution in [0.15, 0.2) is 24.8 Å². The summed E-state index contributed by atoms with van der Waals surface area (Å²) in [5.74, 6) is 0.154. The zero-order chi connectivity index (χ0) is 11.5. The van der Waals surface area contributed by atoms with E-state index in [1.54, 1.807) is 17.1 Å². The largest absolute Gasteiger partial charge is 0.351 e. The van der Waals surface area contributed by atoms with Crippen molar-refractivity contribution in [2.75, 3.05) is 13.1 Å². The summed E-state index contributed by atoms with van der Waals surface area (Å²) in [6.45, 7) is 4.53. The van der Waals surface area contributed by atoms with Crippen molar-refractivity contribution in [1.29, 1.82) is 0 Å². The average molecular weight is 220 g/mol. The lowest BCUT2D eigenvalue weighted by Gasteiger charge is -2.23. The Hall–Kier alpha value is -1.58. The Balaban J connectivity index is 1.96. The zero-order valence-electron chi connectivity index (χ0n) is 9.19. The molecule has 0 aromatic carbocycles. The Morgan fingerprint density at radius 1 is 1.50 bits per heavy atom. The van der Waals surface area contributed by atoms with Crippen molar-refractivity contribution in [2.45, 2.75) is 18.9 Å². The predicted octanol–water partition coefficient (Wildman–Crippen LogP) is 0.466. The molecule has 0 aromatic heterocycles. The fourth-order valence-corrected chi connectivity index (χ4v) is 1.82. The van der Waals surface area contributed by atoms with Gasteiger partial charge in [-0.05, 0) is 12.8 Å². The summed E-state index contributed by atoms with van der Waals surface area (Å²) < 4.78 is 0. The summed E-state index contributed by atoms with van der Waals surface area (Å²) in [7, 11) is 0. The van der Waals surface area contributed by atoms with Crippen molar-refractivity contribution in [3.8, 4) is 0 Å².